The Morgan fingerprint density at radius 2 is 1.91 bits per heavy atom. The summed E-state index contributed by atoms with van der Waals surface area (Å²) in [6.07, 6.45) is 3.45. The molecule has 0 spiro atoms. The van der Waals surface area contributed by atoms with Gasteiger partial charge in [0.1, 0.15) is 5.82 Å². The summed E-state index contributed by atoms with van der Waals surface area (Å²) >= 11 is 0. The minimum atomic E-state index is -3.42. The fraction of sp³-hybridized carbons (Fsp3) is 0.714. The zero-order chi connectivity index (χ0) is 16.3. The van der Waals surface area contributed by atoms with Crippen molar-refractivity contribution in [1.82, 2.24) is 23.9 Å². The van der Waals surface area contributed by atoms with Gasteiger partial charge in [-0.15, -0.1) is 12.4 Å². The molecule has 2 atom stereocenters. The van der Waals surface area contributed by atoms with Crippen molar-refractivity contribution in [3.8, 4) is 0 Å². The maximum Gasteiger partial charge on any atom is 0.279 e. The summed E-state index contributed by atoms with van der Waals surface area (Å²) in [5, 5.41) is 0. The molecule has 1 saturated heterocycles. The number of hydrogen-bond acceptors (Lipinski definition) is 5. The molecule has 1 aromatic heterocycles. The second-order valence-corrected chi connectivity index (χ2v) is 8.19. The highest BCUT2D eigenvalue weighted by Gasteiger charge is 2.37. The summed E-state index contributed by atoms with van der Waals surface area (Å²) in [4.78, 5) is 10.7. The van der Waals surface area contributed by atoms with Gasteiger partial charge < -0.3 is 0 Å². The molecule has 1 aliphatic rings. The second-order valence-electron chi connectivity index (χ2n) is 6.28. The molecule has 0 aliphatic carbocycles. The van der Waals surface area contributed by atoms with E-state index in [0.29, 0.717) is 19.0 Å². The van der Waals surface area contributed by atoms with Gasteiger partial charge in [-0.25, -0.2) is 9.97 Å². The lowest BCUT2D eigenvalue weighted by molar-refractivity contribution is 0.290. The van der Waals surface area contributed by atoms with Gasteiger partial charge in [-0.1, -0.05) is 13.8 Å². The van der Waals surface area contributed by atoms with Crippen molar-refractivity contribution in [3.63, 3.8) is 0 Å². The van der Waals surface area contributed by atoms with Gasteiger partial charge in [0.2, 0.25) is 0 Å². The number of rotatable bonds is 6. The fourth-order valence-corrected chi connectivity index (χ4v) is 3.59. The summed E-state index contributed by atoms with van der Waals surface area (Å²) in [6.45, 7) is 6.42. The van der Waals surface area contributed by atoms with E-state index in [2.05, 4.69) is 33.4 Å². The first-order valence-electron chi connectivity index (χ1n) is 7.47. The van der Waals surface area contributed by atoms with Crippen molar-refractivity contribution < 1.29 is 8.42 Å². The van der Waals surface area contributed by atoms with E-state index in [1.54, 1.807) is 18.5 Å². The third kappa shape index (κ3) is 5.36. The van der Waals surface area contributed by atoms with E-state index in [0.717, 1.165) is 12.4 Å². The van der Waals surface area contributed by atoms with E-state index in [4.69, 9.17) is 0 Å². The van der Waals surface area contributed by atoms with Crippen LogP contribution in [-0.2, 0) is 16.8 Å². The Kier molecular flexibility index (Phi) is 7.34. The summed E-state index contributed by atoms with van der Waals surface area (Å²) in [6, 6.07) is 1.70. The molecule has 9 heteroatoms. The summed E-state index contributed by atoms with van der Waals surface area (Å²) < 4.78 is 28.2. The van der Waals surface area contributed by atoms with Crippen molar-refractivity contribution in [1.29, 1.82) is 0 Å². The Morgan fingerprint density at radius 3 is 2.43 bits per heavy atom. The number of hydrogen-bond donors (Lipinski definition) is 1. The minimum Gasteiger partial charge on any atom is -0.294 e. The highest BCUT2D eigenvalue weighted by molar-refractivity contribution is 7.87. The van der Waals surface area contributed by atoms with Gasteiger partial charge in [-0.05, 0) is 17.9 Å². The molecule has 1 aromatic rings. The first kappa shape index (κ1) is 20.2. The normalized spacial score (nSPS) is 22.5. The highest BCUT2D eigenvalue weighted by Crippen LogP contribution is 2.26. The van der Waals surface area contributed by atoms with Crippen LogP contribution in [0.2, 0.25) is 0 Å². The molecule has 7 nitrogen and oxygen atoms in total. The van der Waals surface area contributed by atoms with Crippen molar-refractivity contribution >= 4 is 22.6 Å². The molecule has 23 heavy (non-hydrogen) atoms. The molecule has 0 unspecified atom stereocenters. The first-order valence-corrected chi connectivity index (χ1v) is 8.91. The maximum absolute atomic E-state index is 12.1. The molecule has 2 rings (SSSR count). The lowest BCUT2D eigenvalue weighted by Gasteiger charge is -2.24. The molecule has 0 bridgehead atoms. The minimum absolute atomic E-state index is 0. The van der Waals surface area contributed by atoms with Gasteiger partial charge in [0.05, 0.1) is 6.54 Å². The van der Waals surface area contributed by atoms with Crippen molar-refractivity contribution in [2.24, 2.45) is 11.8 Å². The first-order chi connectivity index (χ1) is 10.3. The van der Waals surface area contributed by atoms with Crippen LogP contribution < -0.4 is 4.72 Å². The molecular formula is C14H26ClN5O2S. The van der Waals surface area contributed by atoms with Crippen LogP contribution in [0.25, 0.3) is 0 Å². The van der Waals surface area contributed by atoms with Crippen LogP contribution in [0.5, 0.6) is 0 Å². The molecule has 0 aromatic carbocycles. The van der Waals surface area contributed by atoms with Gasteiger partial charge >= 0.3 is 0 Å². The number of nitrogens with zero attached hydrogens (tertiary/aromatic N) is 4. The van der Waals surface area contributed by atoms with Crippen molar-refractivity contribution in [3.05, 3.63) is 24.3 Å². The maximum atomic E-state index is 12.1. The molecule has 2 heterocycles. The van der Waals surface area contributed by atoms with E-state index >= 15 is 0 Å². The molecule has 132 valence electrons. The van der Waals surface area contributed by atoms with Crippen LogP contribution in [0, 0.1) is 11.8 Å². The molecular weight excluding hydrogens is 338 g/mol. The Morgan fingerprint density at radius 1 is 1.30 bits per heavy atom. The van der Waals surface area contributed by atoms with Crippen LogP contribution in [0.1, 0.15) is 19.7 Å². The third-order valence-electron chi connectivity index (χ3n) is 4.06. The lowest BCUT2D eigenvalue weighted by atomic mass is 9.92. The third-order valence-corrected chi connectivity index (χ3v) is 5.62. The van der Waals surface area contributed by atoms with Gasteiger partial charge in [-0.2, -0.15) is 17.4 Å². The van der Waals surface area contributed by atoms with E-state index in [9.17, 15) is 8.42 Å². The Labute approximate surface area is 145 Å². The number of halogens is 1. The highest BCUT2D eigenvalue weighted by atomic mass is 35.5. The molecule has 1 fully saturated rings. The van der Waals surface area contributed by atoms with E-state index in [1.807, 2.05) is 0 Å². The Hall–Kier alpha value is -0.800. The van der Waals surface area contributed by atoms with E-state index in [-0.39, 0.29) is 24.4 Å². The standard InChI is InChI=1S/C14H25N5O2S.ClH/c1-11(2)12-8-19(10-14-15-6-5-7-16-14)9-13(12)17-22(20,21)18(3)4;/h5-7,11-13,17H,8-10H2,1-4H3;1H/t12-,13+;/m1./s1. The predicted molar refractivity (Wildman–Crippen MR) is 92.4 cm³/mol. The lowest BCUT2D eigenvalue weighted by Crippen LogP contribution is -2.46. The predicted octanol–water partition coefficient (Wildman–Crippen LogP) is 0.751. The van der Waals surface area contributed by atoms with E-state index in [1.165, 1.54) is 18.4 Å². The van der Waals surface area contributed by atoms with Gasteiger partial charge in [0.15, 0.2) is 0 Å². The summed E-state index contributed by atoms with van der Waals surface area (Å²) in [5.41, 5.74) is 0. The average Bonchev–Trinajstić information content (AvgIpc) is 2.81. The quantitative estimate of drug-likeness (QED) is 0.807. The average molecular weight is 364 g/mol. The van der Waals surface area contributed by atoms with E-state index < -0.39 is 10.2 Å². The topological polar surface area (TPSA) is 78.4 Å². The zero-order valence-corrected chi connectivity index (χ0v) is 15.6. The largest absolute Gasteiger partial charge is 0.294 e. The van der Waals surface area contributed by atoms with Crippen LogP contribution in [-0.4, -0.2) is 60.8 Å². The van der Waals surface area contributed by atoms with Gasteiger partial charge in [-0.3, -0.25) is 4.90 Å². The van der Waals surface area contributed by atoms with Crippen molar-refractivity contribution in [2.75, 3.05) is 27.2 Å². The number of likely N-dealkylation sites (tertiary alicyclic amines) is 1. The zero-order valence-electron chi connectivity index (χ0n) is 14.0. The van der Waals surface area contributed by atoms with Gasteiger partial charge in [0, 0.05) is 45.6 Å². The molecule has 1 N–H and O–H groups in total. The second kappa shape index (κ2) is 8.34. The molecule has 0 radical (unpaired) electrons. The smallest absolute Gasteiger partial charge is 0.279 e. The Bertz CT molecular complexity index is 582. The van der Waals surface area contributed by atoms with Crippen molar-refractivity contribution in [2.45, 2.75) is 26.4 Å². The van der Waals surface area contributed by atoms with Crippen LogP contribution in [0.4, 0.5) is 0 Å². The molecule has 0 amide bonds. The molecule has 0 saturated carbocycles. The monoisotopic (exact) mass is 363 g/mol. The van der Waals surface area contributed by atoms with Crippen LogP contribution in [0.3, 0.4) is 0 Å². The van der Waals surface area contributed by atoms with Crippen LogP contribution >= 0.6 is 12.4 Å². The SMILES string of the molecule is CC(C)[C@H]1CN(Cc2ncccn2)C[C@@H]1NS(=O)(=O)N(C)C.Cl. The number of aromatic nitrogens is 2. The molecule has 1 aliphatic heterocycles. The number of nitrogens with one attached hydrogen (secondary N) is 1. The Balaban J connectivity index is 0.00000264. The summed E-state index contributed by atoms with van der Waals surface area (Å²) in [5.74, 6) is 1.44. The van der Waals surface area contributed by atoms with Gasteiger partial charge in [0.25, 0.3) is 10.2 Å². The fourth-order valence-electron chi connectivity index (χ4n) is 2.75. The van der Waals surface area contributed by atoms with Crippen LogP contribution in [0.15, 0.2) is 18.5 Å². The summed E-state index contributed by atoms with van der Waals surface area (Å²) in [7, 11) is -0.341.